The van der Waals surface area contributed by atoms with Gasteiger partial charge >= 0.3 is 6.09 Å². The van der Waals surface area contributed by atoms with Crippen LogP contribution in [0.25, 0.3) is 0 Å². The third-order valence-corrected chi connectivity index (χ3v) is 3.23. The largest absolute Gasteiger partial charge is 0.444 e. The lowest BCUT2D eigenvalue weighted by atomic mass is 10.2. The van der Waals surface area contributed by atoms with Crippen molar-refractivity contribution in [2.45, 2.75) is 39.8 Å². The summed E-state index contributed by atoms with van der Waals surface area (Å²) in [6, 6.07) is 4.91. The topological polar surface area (TPSA) is 41.6 Å². The lowest BCUT2D eigenvalue weighted by molar-refractivity contribution is 0.0262. The van der Waals surface area contributed by atoms with E-state index in [9.17, 15) is 9.18 Å². The molecule has 0 unspecified atom stereocenters. The van der Waals surface area contributed by atoms with Crippen LogP contribution in [-0.4, -0.2) is 36.2 Å². The Balaban J connectivity index is 2.42. The van der Waals surface area contributed by atoms with Crippen molar-refractivity contribution in [3.05, 3.63) is 34.6 Å². The van der Waals surface area contributed by atoms with Gasteiger partial charge in [0.05, 0.1) is 5.02 Å². The first-order chi connectivity index (χ1) is 10.2. The molecule has 4 nitrogen and oxygen atoms in total. The van der Waals surface area contributed by atoms with Crippen molar-refractivity contribution in [2.24, 2.45) is 0 Å². The molecular weight excluding hydrogens is 307 g/mol. The Morgan fingerprint density at radius 1 is 1.41 bits per heavy atom. The molecule has 0 aliphatic carbocycles. The maximum atomic E-state index is 13.7. The van der Waals surface area contributed by atoms with Gasteiger partial charge in [0.2, 0.25) is 0 Å². The molecule has 1 aromatic carbocycles. The summed E-state index contributed by atoms with van der Waals surface area (Å²) in [4.78, 5) is 13.6. The number of ether oxygens (including phenoxy) is 1. The number of carbonyl (C=O) groups is 1. The monoisotopic (exact) mass is 330 g/mol. The van der Waals surface area contributed by atoms with Gasteiger partial charge in [0.15, 0.2) is 0 Å². The Morgan fingerprint density at radius 2 is 2.09 bits per heavy atom. The van der Waals surface area contributed by atoms with E-state index in [1.54, 1.807) is 17.0 Å². The summed E-state index contributed by atoms with van der Waals surface area (Å²) in [7, 11) is 0. The van der Waals surface area contributed by atoms with E-state index in [-0.39, 0.29) is 11.1 Å². The molecule has 0 aliphatic heterocycles. The summed E-state index contributed by atoms with van der Waals surface area (Å²) in [5, 5.41) is 3.22. The fraction of sp³-hybridized carbons (Fsp3) is 0.562. The molecule has 0 spiro atoms. The van der Waals surface area contributed by atoms with Crippen LogP contribution >= 0.6 is 11.6 Å². The van der Waals surface area contributed by atoms with E-state index in [2.05, 4.69) is 5.32 Å². The minimum absolute atomic E-state index is 0.114. The Hall–Kier alpha value is -1.33. The highest BCUT2D eigenvalue weighted by Gasteiger charge is 2.20. The van der Waals surface area contributed by atoms with E-state index in [0.717, 1.165) is 0 Å². The zero-order chi connectivity index (χ0) is 16.8. The average molecular weight is 331 g/mol. The Morgan fingerprint density at radius 3 is 2.68 bits per heavy atom. The van der Waals surface area contributed by atoms with Crippen molar-refractivity contribution >= 4 is 17.7 Å². The van der Waals surface area contributed by atoms with Gasteiger partial charge in [-0.1, -0.05) is 23.7 Å². The molecule has 0 saturated heterocycles. The van der Waals surface area contributed by atoms with Gasteiger partial charge in [-0.15, -0.1) is 0 Å². The minimum atomic E-state index is -0.512. The van der Waals surface area contributed by atoms with E-state index in [1.807, 2.05) is 27.7 Å². The predicted octanol–water partition coefficient (Wildman–Crippen LogP) is 3.83. The quantitative estimate of drug-likeness (QED) is 0.806. The van der Waals surface area contributed by atoms with E-state index >= 15 is 0 Å². The van der Waals surface area contributed by atoms with E-state index in [1.165, 1.54) is 6.07 Å². The summed E-state index contributed by atoms with van der Waals surface area (Å²) >= 11 is 5.73. The lowest BCUT2D eigenvalue weighted by Gasteiger charge is -2.26. The molecule has 1 N–H and O–H groups in total. The lowest BCUT2D eigenvalue weighted by Crippen LogP contribution is -2.40. The second-order valence-electron chi connectivity index (χ2n) is 5.95. The molecule has 22 heavy (non-hydrogen) atoms. The van der Waals surface area contributed by atoms with Crippen LogP contribution in [0.3, 0.4) is 0 Å². The summed E-state index contributed by atoms with van der Waals surface area (Å²) in [6.07, 6.45) is -0.342. The van der Waals surface area contributed by atoms with Crippen LogP contribution in [0.4, 0.5) is 9.18 Å². The number of likely N-dealkylation sites (N-methyl/N-ethyl adjacent to an activating group) is 1. The number of hydrogen-bond donors (Lipinski definition) is 1. The molecule has 0 bridgehead atoms. The number of benzene rings is 1. The third-order valence-electron chi connectivity index (χ3n) is 2.94. The molecule has 0 saturated carbocycles. The SMILES string of the molecule is CCN(CCNCc1cccc(Cl)c1F)C(=O)OC(C)(C)C. The van der Waals surface area contributed by atoms with Crippen molar-refractivity contribution in [2.75, 3.05) is 19.6 Å². The van der Waals surface area contributed by atoms with Crippen molar-refractivity contribution in [3.63, 3.8) is 0 Å². The molecule has 0 fully saturated rings. The molecule has 0 atom stereocenters. The number of nitrogens with one attached hydrogen (secondary N) is 1. The van der Waals surface area contributed by atoms with Crippen molar-refractivity contribution < 1.29 is 13.9 Å². The molecule has 1 aromatic rings. The summed E-state index contributed by atoms with van der Waals surface area (Å²) in [5.41, 5.74) is -0.00482. The number of amides is 1. The van der Waals surface area contributed by atoms with Gasteiger partial charge in [-0.3, -0.25) is 0 Å². The van der Waals surface area contributed by atoms with E-state index < -0.39 is 11.4 Å². The summed E-state index contributed by atoms with van der Waals surface area (Å²) in [5.74, 6) is -0.406. The maximum absolute atomic E-state index is 13.7. The predicted molar refractivity (Wildman–Crippen MR) is 86.6 cm³/mol. The summed E-state index contributed by atoms with van der Waals surface area (Å²) in [6.45, 7) is 9.34. The minimum Gasteiger partial charge on any atom is -0.444 e. The second kappa shape index (κ2) is 8.34. The third kappa shape index (κ3) is 6.20. The van der Waals surface area contributed by atoms with Crippen LogP contribution in [0.15, 0.2) is 18.2 Å². The Labute approximate surface area is 136 Å². The van der Waals surface area contributed by atoms with Gasteiger partial charge in [0.25, 0.3) is 0 Å². The highest BCUT2D eigenvalue weighted by molar-refractivity contribution is 6.30. The fourth-order valence-electron chi connectivity index (χ4n) is 1.83. The highest BCUT2D eigenvalue weighted by Crippen LogP contribution is 2.17. The van der Waals surface area contributed by atoms with Crippen LogP contribution < -0.4 is 5.32 Å². The zero-order valence-corrected chi connectivity index (χ0v) is 14.3. The summed E-state index contributed by atoms with van der Waals surface area (Å²) < 4.78 is 19.0. The van der Waals surface area contributed by atoms with Gasteiger partial charge in [0.1, 0.15) is 11.4 Å². The number of nitrogens with zero attached hydrogens (tertiary/aromatic N) is 1. The molecule has 1 amide bonds. The van der Waals surface area contributed by atoms with Crippen LogP contribution in [0, 0.1) is 5.82 Å². The normalized spacial score (nSPS) is 11.4. The van der Waals surface area contributed by atoms with Gasteiger partial charge in [-0.05, 0) is 33.8 Å². The number of halogens is 2. The van der Waals surface area contributed by atoms with Gasteiger partial charge in [-0.25, -0.2) is 9.18 Å². The number of carbonyl (C=O) groups excluding carboxylic acids is 1. The first kappa shape index (κ1) is 18.7. The second-order valence-corrected chi connectivity index (χ2v) is 6.36. The van der Waals surface area contributed by atoms with Crippen molar-refractivity contribution in [3.8, 4) is 0 Å². The molecule has 0 radical (unpaired) electrons. The first-order valence-corrected chi connectivity index (χ1v) is 7.74. The molecule has 6 heteroatoms. The number of hydrogen-bond acceptors (Lipinski definition) is 3. The van der Waals surface area contributed by atoms with Gasteiger partial charge < -0.3 is 15.0 Å². The zero-order valence-electron chi connectivity index (χ0n) is 13.6. The van der Waals surface area contributed by atoms with Crippen LogP contribution in [0.1, 0.15) is 33.3 Å². The van der Waals surface area contributed by atoms with E-state index in [4.69, 9.17) is 16.3 Å². The molecule has 1 rings (SSSR count). The molecule has 0 aromatic heterocycles. The number of rotatable bonds is 6. The van der Waals surface area contributed by atoms with Gasteiger partial charge in [-0.2, -0.15) is 0 Å². The Bertz CT molecular complexity index is 503. The smallest absolute Gasteiger partial charge is 0.410 e. The van der Waals surface area contributed by atoms with Crippen LogP contribution in [0.5, 0.6) is 0 Å². The molecular formula is C16H24ClFN2O2. The standard InChI is InChI=1S/C16H24ClFN2O2/c1-5-20(15(21)22-16(2,3)4)10-9-19-11-12-7-6-8-13(17)14(12)18/h6-8,19H,5,9-11H2,1-4H3. The van der Waals surface area contributed by atoms with Gasteiger partial charge in [0, 0.05) is 31.7 Å². The molecule has 0 aliphatic rings. The van der Waals surface area contributed by atoms with Crippen molar-refractivity contribution in [1.82, 2.24) is 10.2 Å². The Kier molecular flexibility index (Phi) is 7.10. The average Bonchev–Trinajstić information content (AvgIpc) is 2.41. The first-order valence-electron chi connectivity index (χ1n) is 7.36. The van der Waals surface area contributed by atoms with E-state index in [0.29, 0.717) is 31.7 Å². The highest BCUT2D eigenvalue weighted by atomic mass is 35.5. The molecule has 124 valence electrons. The maximum Gasteiger partial charge on any atom is 0.410 e. The fourth-order valence-corrected chi connectivity index (χ4v) is 2.02. The van der Waals surface area contributed by atoms with Crippen LogP contribution in [-0.2, 0) is 11.3 Å². The van der Waals surface area contributed by atoms with Crippen LogP contribution in [0.2, 0.25) is 5.02 Å². The van der Waals surface area contributed by atoms with Crippen molar-refractivity contribution in [1.29, 1.82) is 0 Å². The molecule has 0 heterocycles.